The summed E-state index contributed by atoms with van der Waals surface area (Å²) in [6, 6.07) is 9.85. The van der Waals surface area contributed by atoms with E-state index >= 15 is 0 Å². The maximum atomic E-state index is 5.61. The molecule has 0 amide bonds. The summed E-state index contributed by atoms with van der Waals surface area (Å²) < 4.78 is 10.4. The van der Waals surface area contributed by atoms with Gasteiger partial charge in [0.2, 0.25) is 0 Å². The highest BCUT2D eigenvalue weighted by atomic mass is 16.5. The Kier molecular flexibility index (Phi) is 1.44. The van der Waals surface area contributed by atoms with Gasteiger partial charge in [-0.2, -0.15) is 0 Å². The van der Waals surface area contributed by atoms with Gasteiger partial charge in [-0.3, -0.25) is 0 Å². The molecule has 3 rings (SSSR count). The molecule has 0 saturated heterocycles. The Balaban J connectivity index is 2.24. The first kappa shape index (κ1) is 7.38. The second-order valence-corrected chi connectivity index (χ2v) is 3.06. The Morgan fingerprint density at radius 1 is 1.14 bits per heavy atom. The minimum Gasteiger partial charge on any atom is -0.456 e. The number of hydrogen-bond acceptors (Lipinski definition) is 3. The molecule has 3 heteroatoms. The van der Waals surface area contributed by atoms with Gasteiger partial charge in [-0.15, -0.1) is 0 Å². The molecule has 0 aliphatic carbocycles. The highest BCUT2D eigenvalue weighted by Gasteiger charge is 2.06. The predicted molar refractivity (Wildman–Crippen MR) is 51.7 cm³/mol. The van der Waals surface area contributed by atoms with Gasteiger partial charge in [0, 0.05) is 5.39 Å². The smallest absolute Gasteiger partial charge is 0.140 e. The van der Waals surface area contributed by atoms with Crippen LogP contribution in [0.5, 0.6) is 0 Å². The summed E-state index contributed by atoms with van der Waals surface area (Å²) in [4.78, 5) is 0. The van der Waals surface area contributed by atoms with Gasteiger partial charge in [-0.25, -0.2) is 0 Å². The lowest BCUT2D eigenvalue weighted by atomic mass is 10.2. The van der Waals surface area contributed by atoms with E-state index < -0.39 is 0 Å². The molecule has 0 N–H and O–H groups in total. The second kappa shape index (κ2) is 2.73. The van der Waals surface area contributed by atoms with Crippen molar-refractivity contribution in [2.24, 2.45) is 0 Å². The lowest BCUT2D eigenvalue weighted by molar-refractivity contribution is 0.420. The maximum absolute atomic E-state index is 5.61. The zero-order valence-corrected chi connectivity index (χ0v) is 7.31. The van der Waals surface area contributed by atoms with Crippen LogP contribution in [0.1, 0.15) is 0 Å². The number of furan rings is 1. The van der Waals surface area contributed by atoms with E-state index in [1.807, 2.05) is 30.3 Å². The summed E-state index contributed by atoms with van der Waals surface area (Å²) in [6.07, 6.45) is 3.20. The van der Waals surface area contributed by atoms with Crippen LogP contribution >= 0.6 is 0 Å². The van der Waals surface area contributed by atoms with Gasteiger partial charge in [-0.05, 0) is 12.1 Å². The van der Waals surface area contributed by atoms with Crippen molar-refractivity contribution in [3.05, 3.63) is 42.8 Å². The highest BCUT2D eigenvalue weighted by Crippen LogP contribution is 2.26. The van der Waals surface area contributed by atoms with Crippen molar-refractivity contribution in [3.8, 4) is 11.3 Å². The summed E-state index contributed by atoms with van der Waals surface area (Å²) >= 11 is 0. The van der Waals surface area contributed by atoms with Crippen molar-refractivity contribution < 1.29 is 8.94 Å². The van der Waals surface area contributed by atoms with Gasteiger partial charge in [0.25, 0.3) is 0 Å². The first-order valence-electron chi connectivity index (χ1n) is 4.32. The molecule has 0 spiro atoms. The van der Waals surface area contributed by atoms with E-state index in [2.05, 4.69) is 5.16 Å². The molecule has 0 radical (unpaired) electrons. The normalized spacial score (nSPS) is 10.9. The average Bonchev–Trinajstić information content (AvgIpc) is 2.86. The first-order valence-corrected chi connectivity index (χ1v) is 4.32. The van der Waals surface area contributed by atoms with E-state index in [4.69, 9.17) is 8.94 Å². The summed E-state index contributed by atoms with van der Waals surface area (Å²) in [5, 5.41) is 4.72. The van der Waals surface area contributed by atoms with Crippen molar-refractivity contribution in [3.63, 3.8) is 0 Å². The van der Waals surface area contributed by atoms with Gasteiger partial charge >= 0.3 is 0 Å². The standard InChI is InChI=1S/C11H7NO2/c1-2-4-10-8(3-1)5-11(14-10)9-6-12-13-7-9/h1-7H. The number of benzene rings is 1. The Morgan fingerprint density at radius 3 is 2.86 bits per heavy atom. The molecule has 3 nitrogen and oxygen atoms in total. The molecule has 1 aromatic carbocycles. The van der Waals surface area contributed by atoms with Crippen LogP contribution < -0.4 is 0 Å². The van der Waals surface area contributed by atoms with E-state index in [9.17, 15) is 0 Å². The second-order valence-electron chi connectivity index (χ2n) is 3.06. The lowest BCUT2D eigenvalue weighted by Gasteiger charge is -1.85. The largest absolute Gasteiger partial charge is 0.456 e. The fourth-order valence-electron chi connectivity index (χ4n) is 1.45. The molecule has 0 atom stereocenters. The van der Waals surface area contributed by atoms with Crippen LogP contribution in [0.2, 0.25) is 0 Å². The molecule has 0 fully saturated rings. The van der Waals surface area contributed by atoms with Crippen molar-refractivity contribution in [1.29, 1.82) is 0 Å². The first-order chi connectivity index (χ1) is 6.93. The molecule has 0 aliphatic heterocycles. The monoisotopic (exact) mass is 185 g/mol. The summed E-state index contributed by atoms with van der Waals surface area (Å²) in [5.74, 6) is 0.785. The van der Waals surface area contributed by atoms with Crippen LogP contribution in [0.15, 0.2) is 51.7 Å². The van der Waals surface area contributed by atoms with E-state index in [1.165, 1.54) is 0 Å². The quantitative estimate of drug-likeness (QED) is 0.584. The SMILES string of the molecule is c1ccc2oc(-c3cnoc3)cc2c1. The zero-order valence-electron chi connectivity index (χ0n) is 7.31. The number of aromatic nitrogens is 1. The number of para-hydroxylation sites is 1. The van der Waals surface area contributed by atoms with Crippen LogP contribution in [0.25, 0.3) is 22.3 Å². The van der Waals surface area contributed by atoms with E-state index in [0.29, 0.717) is 0 Å². The maximum Gasteiger partial charge on any atom is 0.140 e. The summed E-state index contributed by atoms with van der Waals surface area (Å²) in [7, 11) is 0. The Labute approximate surface area is 79.9 Å². The number of hydrogen-bond donors (Lipinski definition) is 0. The molecule has 14 heavy (non-hydrogen) atoms. The van der Waals surface area contributed by atoms with Crippen LogP contribution in [-0.4, -0.2) is 5.16 Å². The molecule has 3 aromatic rings. The third-order valence-electron chi connectivity index (χ3n) is 2.14. The van der Waals surface area contributed by atoms with E-state index in [-0.39, 0.29) is 0 Å². The molecule has 0 unspecified atom stereocenters. The van der Waals surface area contributed by atoms with Crippen molar-refractivity contribution in [2.45, 2.75) is 0 Å². The molecule has 2 heterocycles. The van der Waals surface area contributed by atoms with Gasteiger partial charge < -0.3 is 8.94 Å². The number of nitrogens with zero attached hydrogens (tertiary/aromatic N) is 1. The molecule has 2 aromatic heterocycles. The molecule has 68 valence electrons. The fourth-order valence-corrected chi connectivity index (χ4v) is 1.45. The fraction of sp³-hybridized carbons (Fsp3) is 0. The number of fused-ring (bicyclic) bond motifs is 1. The minimum absolute atomic E-state index is 0.785. The third-order valence-corrected chi connectivity index (χ3v) is 2.14. The molecule has 0 bridgehead atoms. The molecule has 0 aliphatic rings. The Morgan fingerprint density at radius 2 is 2.07 bits per heavy atom. The van der Waals surface area contributed by atoms with Crippen LogP contribution in [-0.2, 0) is 0 Å². The molecular weight excluding hydrogens is 178 g/mol. The minimum atomic E-state index is 0.785. The van der Waals surface area contributed by atoms with Crippen LogP contribution in [0, 0.1) is 0 Å². The van der Waals surface area contributed by atoms with Gasteiger partial charge in [-0.1, -0.05) is 23.4 Å². The van der Waals surface area contributed by atoms with E-state index in [0.717, 1.165) is 22.3 Å². The highest BCUT2D eigenvalue weighted by molar-refractivity contribution is 5.82. The number of rotatable bonds is 1. The Bertz CT molecular complexity index is 518. The zero-order chi connectivity index (χ0) is 9.38. The van der Waals surface area contributed by atoms with Crippen LogP contribution in [0.3, 0.4) is 0 Å². The van der Waals surface area contributed by atoms with Crippen LogP contribution in [0.4, 0.5) is 0 Å². The third kappa shape index (κ3) is 1.03. The summed E-state index contributed by atoms with van der Waals surface area (Å²) in [6.45, 7) is 0. The molecule has 0 saturated carbocycles. The van der Waals surface area contributed by atoms with Crippen molar-refractivity contribution in [2.75, 3.05) is 0 Å². The van der Waals surface area contributed by atoms with E-state index in [1.54, 1.807) is 12.5 Å². The van der Waals surface area contributed by atoms with Gasteiger partial charge in [0.05, 0.1) is 11.8 Å². The predicted octanol–water partition coefficient (Wildman–Crippen LogP) is 3.09. The molecular formula is C11H7NO2. The lowest BCUT2D eigenvalue weighted by Crippen LogP contribution is -1.62. The summed E-state index contributed by atoms with van der Waals surface area (Å²) in [5.41, 5.74) is 1.74. The van der Waals surface area contributed by atoms with Gasteiger partial charge in [0.1, 0.15) is 17.6 Å². The van der Waals surface area contributed by atoms with Crippen molar-refractivity contribution >= 4 is 11.0 Å². The van der Waals surface area contributed by atoms with Crippen molar-refractivity contribution in [1.82, 2.24) is 5.16 Å². The average molecular weight is 185 g/mol. The topological polar surface area (TPSA) is 39.2 Å². The van der Waals surface area contributed by atoms with Gasteiger partial charge in [0.15, 0.2) is 0 Å². The Hall–Kier alpha value is -2.03.